The van der Waals surface area contributed by atoms with E-state index in [2.05, 4.69) is 5.32 Å². The lowest BCUT2D eigenvalue weighted by Crippen LogP contribution is -2.49. The summed E-state index contributed by atoms with van der Waals surface area (Å²) in [6, 6.07) is 15.0. The van der Waals surface area contributed by atoms with Crippen LogP contribution in [0.1, 0.15) is 44.6 Å². The van der Waals surface area contributed by atoms with Crippen LogP contribution in [0.5, 0.6) is 0 Å². The average Bonchev–Trinajstić information content (AvgIpc) is 3.27. The van der Waals surface area contributed by atoms with Crippen molar-refractivity contribution in [3.05, 3.63) is 64.1 Å². The van der Waals surface area contributed by atoms with E-state index in [4.69, 9.17) is 23.2 Å². The molecule has 3 rings (SSSR count). The van der Waals surface area contributed by atoms with Crippen molar-refractivity contribution < 1.29 is 9.59 Å². The van der Waals surface area contributed by atoms with E-state index in [1.807, 2.05) is 36.4 Å². The number of benzene rings is 2. The van der Waals surface area contributed by atoms with Crippen LogP contribution in [0, 0.1) is 0 Å². The summed E-state index contributed by atoms with van der Waals surface area (Å²) in [6.07, 6.45) is 4.64. The van der Waals surface area contributed by atoms with Crippen LogP contribution in [0.2, 0.25) is 10.0 Å². The van der Waals surface area contributed by atoms with Crippen LogP contribution in [-0.4, -0.2) is 34.6 Å². The Balaban J connectivity index is 1.67. The third-order valence-electron chi connectivity index (χ3n) is 5.53. The van der Waals surface area contributed by atoms with Gasteiger partial charge in [-0.3, -0.25) is 9.59 Å². The topological polar surface area (TPSA) is 49.4 Å². The van der Waals surface area contributed by atoms with Crippen molar-refractivity contribution in [1.82, 2.24) is 10.2 Å². The van der Waals surface area contributed by atoms with Crippen LogP contribution >= 0.6 is 35.0 Å². The molecular weight excluding hydrogens is 451 g/mol. The molecule has 0 aliphatic heterocycles. The number of halogens is 2. The van der Waals surface area contributed by atoms with Crippen LogP contribution in [0.25, 0.3) is 0 Å². The molecule has 1 N–H and O–H groups in total. The Morgan fingerprint density at radius 2 is 1.81 bits per heavy atom. The first-order chi connectivity index (χ1) is 14.9. The Labute approximate surface area is 198 Å². The Bertz CT molecular complexity index is 888. The van der Waals surface area contributed by atoms with Gasteiger partial charge in [0.15, 0.2) is 0 Å². The molecule has 166 valence electrons. The molecule has 7 heteroatoms. The van der Waals surface area contributed by atoms with Gasteiger partial charge in [-0.15, -0.1) is 11.8 Å². The zero-order valence-corrected chi connectivity index (χ0v) is 20.0. The van der Waals surface area contributed by atoms with Gasteiger partial charge >= 0.3 is 0 Å². The van der Waals surface area contributed by atoms with Gasteiger partial charge in [0.05, 0.1) is 10.0 Å². The summed E-state index contributed by atoms with van der Waals surface area (Å²) in [5.41, 5.74) is 0.846. The number of hydrogen-bond acceptors (Lipinski definition) is 3. The third kappa shape index (κ3) is 7.16. The largest absolute Gasteiger partial charge is 0.352 e. The highest BCUT2D eigenvalue weighted by molar-refractivity contribution is 7.99. The molecule has 0 saturated heterocycles. The molecule has 1 atom stereocenters. The first kappa shape index (κ1) is 24.0. The summed E-state index contributed by atoms with van der Waals surface area (Å²) < 4.78 is 0. The highest BCUT2D eigenvalue weighted by Gasteiger charge is 2.28. The van der Waals surface area contributed by atoms with Gasteiger partial charge in [0.2, 0.25) is 11.8 Å². The first-order valence-corrected chi connectivity index (χ1v) is 12.4. The minimum absolute atomic E-state index is 0.0522. The summed E-state index contributed by atoms with van der Waals surface area (Å²) in [7, 11) is 0. The van der Waals surface area contributed by atoms with Crippen molar-refractivity contribution in [2.75, 3.05) is 5.75 Å². The van der Waals surface area contributed by atoms with Crippen LogP contribution in [0.15, 0.2) is 53.4 Å². The molecule has 2 amide bonds. The summed E-state index contributed by atoms with van der Waals surface area (Å²) in [6.45, 7) is 2.11. The van der Waals surface area contributed by atoms with Gasteiger partial charge in [-0.25, -0.2) is 0 Å². The molecule has 1 unspecified atom stereocenters. The maximum atomic E-state index is 13.1. The second-order valence-electron chi connectivity index (χ2n) is 7.85. The lowest BCUT2D eigenvalue weighted by Gasteiger charge is -2.30. The van der Waals surface area contributed by atoms with Gasteiger partial charge in [0, 0.05) is 29.7 Å². The molecule has 2 aromatic rings. The zero-order valence-electron chi connectivity index (χ0n) is 17.7. The van der Waals surface area contributed by atoms with Crippen LogP contribution in [0.3, 0.4) is 0 Å². The van der Waals surface area contributed by atoms with E-state index in [0.717, 1.165) is 36.1 Å². The lowest BCUT2D eigenvalue weighted by atomic mass is 10.1. The van der Waals surface area contributed by atoms with Gasteiger partial charge in [-0.05, 0) is 49.6 Å². The first-order valence-electron chi connectivity index (χ1n) is 10.7. The fraction of sp³-hybridized carbons (Fsp3) is 0.417. The maximum Gasteiger partial charge on any atom is 0.242 e. The quantitative estimate of drug-likeness (QED) is 0.452. The molecule has 1 aliphatic carbocycles. The van der Waals surface area contributed by atoms with E-state index in [0.29, 0.717) is 28.8 Å². The Hall–Kier alpha value is -1.69. The summed E-state index contributed by atoms with van der Waals surface area (Å²) in [4.78, 5) is 28.8. The van der Waals surface area contributed by atoms with Crippen LogP contribution in [-0.2, 0) is 16.1 Å². The van der Waals surface area contributed by atoms with Gasteiger partial charge in [0.25, 0.3) is 0 Å². The molecule has 0 bridgehead atoms. The molecule has 1 fully saturated rings. The standard InChI is InChI=1S/C24H28Cl2N2O2S/c1-17(24(30)27-19-7-5-6-8-19)28(16-18-11-12-21(25)22(26)15-18)23(29)13-14-31-20-9-3-2-4-10-20/h2-4,9-12,15,17,19H,5-8,13-14,16H2,1H3,(H,27,30). The number of hydrogen-bond donors (Lipinski definition) is 1. The zero-order chi connectivity index (χ0) is 22.2. The van der Waals surface area contributed by atoms with Gasteiger partial charge in [-0.1, -0.05) is 60.3 Å². The number of carbonyl (C=O) groups is 2. The van der Waals surface area contributed by atoms with Crippen molar-refractivity contribution in [3.8, 4) is 0 Å². The molecule has 0 heterocycles. The normalized spacial score (nSPS) is 14.9. The van der Waals surface area contributed by atoms with Gasteiger partial charge in [-0.2, -0.15) is 0 Å². The lowest BCUT2D eigenvalue weighted by molar-refractivity contribution is -0.140. The van der Waals surface area contributed by atoms with E-state index >= 15 is 0 Å². The smallest absolute Gasteiger partial charge is 0.242 e. The number of nitrogens with one attached hydrogen (secondary N) is 1. The summed E-state index contributed by atoms with van der Waals surface area (Å²) in [5, 5.41) is 4.02. The summed E-state index contributed by atoms with van der Waals surface area (Å²) >= 11 is 13.8. The molecule has 31 heavy (non-hydrogen) atoms. The Kier molecular flexibility index (Phi) is 9.12. The van der Waals surface area contributed by atoms with Crippen molar-refractivity contribution in [3.63, 3.8) is 0 Å². The second-order valence-corrected chi connectivity index (χ2v) is 9.83. The minimum Gasteiger partial charge on any atom is -0.352 e. The van der Waals surface area contributed by atoms with Gasteiger partial charge < -0.3 is 10.2 Å². The van der Waals surface area contributed by atoms with E-state index in [-0.39, 0.29) is 17.9 Å². The van der Waals surface area contributed by atoms with Gasteiger partial charge in [0.1, 0.15) is 6.04 Å². The number of carbonyl (C=O) groups excluding carboxylic acids is 2. The Morgan fingerprint density at radius 3 is 2.48 bits per heavy atom. The second kappa shape index (κ2) is 11.8. The highest BCUT2D eigenvalue weighted by Crippen LogP contribution is 2.25. The Morgan fingerprint density at radius 1 is 1.10 bits per heavy atom. The molecule has 0 radical (unpaired) electrons. The number of amides is 2. The fourth-order valence-corrected chi connectivity index (χ4v) is 4.91. The highest BCUT2D eigenvalue weighted by atomic mass is 35.5. The molecular formula is C24H28Cl2N2O2S. The molecule has 4 nitrogen and oxygen atoms in total. The molecule has 1 saturated carbocycles. The van der Waals surface area contributed by atoms with E-state index < -0.39 is 6.04 Å². The predicted octanol–water partition coefficient (Wildman–Crippen LogP) is 5.95. The van der Waals surface area contributed by atoms with Crippen LogP contribution in [0.4, 0.5) is 0 Å². The van der Waals surface area contributed by atoms with E-state index in [9.17, 15) is 9.59 Å². The predicted molar refractivity (Wildman–Crippen MR) is 129 cm³/mol. The molecule has 2 aromatic carbocycles. The third-order valence-corrected chi connectivity index (χ3v) is 7.29. The monoisotopic (exact) mass is 478 g/mol. The number of thioether (sulfide) groups is 1. The molecule has 0 spiro atoms. The van der Waals surface area contributed by atoms with Crippen molar-refractivity contribution in [2.24, 2.45) is 0 Å². The number of nitrogens with zero attached hydrogens (tertiary/aromatic N) is 1. The van der Waals surface area contributed by atoms with Crippen molar-refractivity contribution in [2.45, 2.75) is 62.6 Å². The SMILES string of the molecule is CC(C(=O)NC1CCCC1)N(Cc1ccc(Cl)c(Cl)c1)C(=O)CCSc1ccccc1. The maximum absolute atomic E-state index is 13.1. The van der Waals surface area contributed by atoms with Crippen LogP contribution < -0.4 is 5.32 Å². The van der Waals surface area contributed by atoms with E-state index in [1.165, 1.54) is 0 Å². The minimum atomic E-state index is -0.565. The van der Waals surface area contributed by atoms with Crippen molar-refractivity contribution in [1.29, 1.82) is 0 Å². The average molecular weight is 479 g/mol. The van der Waals surface area contributed by atoms with Crippen molar-refractivity contribution >= 4 is 46.8 Å². The molecule has 0 aromatic heterocycles. The fourth-order valence-electron chi connectivity index (χ4n) is 3.73. The number of rotatable bonds is 9. The molecule has 1 aliphatic rings. The summed E-state index contributed by atoms with van der Waals surface area (Å²) in [5.74, 6) is 0.497. The van der Waals surface area contributed by atoms with E-state index in [1.54, 1.807) is 35.7 Å².